The van der Waals surface area contributed by atoms with E-state index in [4.69, 9.17) is 0 Å². The second-order valence-electron chi connectivity index (χ2n) is 17.2. The number of anilines is 3. The van der Waals surface area contributed by atoms with E-state index in [1.54, 1.807) is 0 Å². The first-order valence-electron chi connectivity index (χ1n) is 24.4. The summed E-state index contributed by atoms with van der Waals surface area (Å²) in [5, 5.41) is 6.47. The van der Waals surface area contributed by atoms with Crippen LogP contribution in [0.15, 0.2) is 265 Å². The highest BCUT2D eigenvalue weighted by Gasteiger charge is 2.37. The van der Waals surface area contributed by atoms with Crippen molar-refractivity contribution in [1.29, 1.82) is 0 Å². The highest BCUT2D eigenvalue weighted by molar-refractivity contribution is 8.35. The van der Waals surface area contributed by atoms with Gasteiger partial charge in [-0.3, -0.25) is 11.7 Å². The van der Waals surface area contributed by atoms with Crippen LogP contribution < -0.4 is 21.9 Å². The Bertz CT molecular complexity index is 2760. The number of benzene rings is 6. The Hall–Kier alpha value is -7.15. The van der Waals surface area contributed by atoms with Crippen LogP contribution in [0.1, 0.15) is 82.2 Å². The van der Waals surface area contributed by atoms with Crippen molar-refractivity contribution in [2.75, 3.05) is 16.5 Å². The number of hydrogen-bond acceptors (Lipinski definition) is 4. The Kier molecular flexibility index (Phi) is 20.9. The van der Waals surface area contributed by atoms with E-state index >= 15 is 0 Å². The zero-order valence-corrected chi connectivity index (χ0v) is 43.1. The molecule has 1 atom stereocenters. The molecule has 9 rings (SSSR count). The molecule has 6 aromatic rings. The average molecular weight is 943 g/mol. The molecule has 0 fully saturated rings. The Morgan fingerprint density at radius 3 is 1.86 bits per heavy atom. The number of nitrogens with two attached hydrogens (primary N) is 2. The first-order valence-corrected chi connectivity index (χ1v) is 26.5. The van der Waals surface area contributed by atoms with E-state index in [1.807, 2.05) is 26.0 Å². The van der Waals surface area contributed by atoms with Gasteiger partial charge in [0.05, 0.1) is 11.7 Å². The van der Waals surface area contributed by atoms with Gasteiger partial charge in [0.1, 0.15) is 0 Å². The Balaban J connectivity index is 0.000000576. The quantitative estimate of drug-likeness (QED) is 0.0524. The van der Waals surface area contributed by atoms with Crippen LogP contribution in [0, 0.1) is 0 Å². The van der Waals surface area contributed by atoms with Crippen molar-refractivity contribution in [2.24, 2.45) is 11.7 Å². The fraction of sp³-hybridized carbons (Fsp3) is 0.169. The summed E-state index contributed by atoms with van der Waals surface area (Å²) in [5.41, 5.74) is 12.8. The summed E-state index contributed by atoms with van der Waals surface area (Å²) in [4.78, 5) is 4.93. The summed E-state index contributed by atoms with van der Waals surface area (Å²) < 4.78 is 0. The SMILES string of the molecule is C1=CCCC=C1.C=C/C=C\C(=C/S(C)(c1ccccc1)c1ccccc1)C(Nc1ccccc1)c1cccc(N2/C=C\C=C/C(=C)c3cc4c(cc32)-c2ccccc2C4(C)C)c1.C=CCC.CC.NN. The number of hydrazine groups is 1. The molecule has 70 heavy (non-hydrogen) atoms. The monoisotopic (exact) mass is 943 g/mol. The van der Waals surface area contributed by atoms with E-state index in [1.165, 1.54) is 44.9 Å². The molecule has 2 aliphatic carbocycles. The molecule has 5 heteroatoms. The normalized spacial score (nSPS) is 15.3. The predicted octanol–water partition coefficient (Wildman–Crippen LogP) is 17.9. The lowest BCUT2D eigenvalue weighted by Gasteiger charge is -2.36. The molecule has 0 aromatic heterocycles. The van der Waals surface area contributed by atoms with Crippen LogP contribution in [0.5, 0.6) is 0 Å². The van der Waals surface area contributed by atoms with E-state index in [9.17, 15) is 0 Å². The third-order valence-corrected chi connectivity index (χ3v) is 15.5. The summed E-state index contributed by atoms with van der Waals surface area (Å²) in [6.07, 6.45) is 31.0. The van der Waals surface area contributed by atoms with Crippen LogP contribution in [-0.4, -0.2) is 6.26 Å². The second-order valence-corrected chi connectivity index (χ2v) is 20.3. The molecule has 6 aromatic carbocycles. The molecule has 5 N–H and O–H groups in total. The number of hydrogen-bond donors (Lipinski definition) is 3. The van der Waals surface area contributed by atoms with Crippen LogP contribution in [0.2, 0.25) is 0 Å². The fourth-order valence-electron chi connectivity index (χ4n) is 8.69. The zero-order valence-electron chi connectivity index (χ0n) is 42.3. The first kappa shape index (κ1) is 53.8. The Morgan fingerprint density at radius 1 is 0.700 bits per heavy atom. The van der Waals surface area contributed by atoms with Crippen molar-refractivity contribution in [1.82, 2.24) is 0 Å². The van der Waals surface area contributed by atoms with Crippen LogP contribution in [0.4, 0.5) is 17.1 Å². The molecule has 0 bridgehead atoms. The largest absolute Gasteiger partial charge is 0.374 e. The third kappa shape index (κ3) is 13.1. The van der Waals surface area contributed by atoms with Crippen LogP contribution in [0.25, 0.3) is 16.7 Å². The van der Waals surface area contributed by atoms with Gasteiger partial charge in [0.15, 0.2) is 0 Å². The van der Waals surface area contributed by atoms with Crippen LogP contribution >= 0.6 is 10.0 Å². The van der Waals surface area contributed by atoms with E-state index in [-0.39, 0.29) is 11.5 Å². The van der Waals surface area contributed by atoms with E-state index in [0.717, 1.165) is 45.8 Å². The lowest BCUT2D eigenvalue weighted by atomic mass is 9.81. The average Bonchev–Trinajstić information content (AvgIpc) is 3.65. The molecule has 1 heterocycles. The van der Waals surface area contributed by atoms with Gasteiger partial charge in [0, 0.05) is 28.6 Å². The molecule has 360 valence electrons. The van der Waals surface area contributed by atoms with Gasteiger partial charge in [-0.05, 0) is 146 Å². The van der Waals surface area contributed by atoms with Crippen molar-refractivity contribution in [2.45, 2.75) is 75.1 Å². The number of para-hydroxylation sites is 1. The van der Waals surface area contributed by atoms with Crippen molar-refractivity contribution >= 4 is 32.7 Å². The molecule has 1 aliphatic heterocycles. The summed E-state index contributed by atoms with van der Waals surface area (Å²) in [7, 11) is -1.62. The van der Waals surface area contributed by atoms with E-state index in [0.29, 0.717) is 0 Å². The van der Waals surface area contributed by atoms with Crippen LogP contribution in [-0.2, 0) is 5.41 Å². The maximum absolute atomic E-state index is 4.56. The molecular formula is C65H74N4S. The third-order valence-electron chi connectivity index (χ3n) is 12.3. The summed E-state index contributed by atoms with van der Waals surface area (Å²) in [6.45, 7) is 22.8. The van der Waals surface area contributed by atoms with Crippen molar-refractivity contribution in [3.63, 3.8) is 0 Å². The molecule has 0 radical (unpaired) electrons. The number of allylic oxidation sites excluding steroid dienone is 11. The highest BCUT2D eigenvalue weighted by atomic mass is 32.3. The zero-order chi connectivity index (χ0) is 50.4. The minimum absolute atomic E-state index is 0.109. The van der Waals surface area contributed by atoms with Crippen LogP contribution in [0.3, 0.4) is 0 Å². The number of fused-ring (bicyclic) bond motifs is 4. The van der Waals surface area contributed by atoms with Gasteiger partial charge in [-0.2, -0.15) is 10.0 Å². The minimum Gasteiger partial charge on any atom is -0.374 e. The molecular weight excluding hydrogens is 869 g/mol. The maximum atomic E-state index is 4.56. The first-order chi connectivity index (χ1) is 34.2. The van der Waals surface area contributed by atoms with Crippen molar-refractivity contribution < 1.29 is 0 Å². The van der Waals surface area contributed by atoms with Gasteiger partial charge in [-0.25, -0.2) is 0 Å². The van der Waals surface area contributed by atoms with Crippen molar-refractivity contribution in [3.05, 3.63) is 278 Å². The van der Waals surface area contributed by atoms with Crippen molar-refractivity contribution in [3.8, 4) is 11.1 Å². The summed E-state index contributed by atoms with van der Waals surface area (Å²) in [6, 6.07) is 54.7. The molecule has 3 aliphatic rings. The molecule has 1 unspecified atom stereocenters. The minimum atomic E-state index is -1.62. The van der Waals surface area contributed by atoms with Gasteiger partial charge < -0.3 is 10.2 Å². The standard InChI is InChI=1S/C53H48N2S.C6H8.C4H8.C2H6.H4N2/c1-6-7-23-41(38-56(5,44-28-13-9-14-29-44)45-30-15-10-16-31-45)52(54-42-25-11-8-12-26-42)40-24-21-27-43(35-40)55-34-20-19-22-39(2)47-36-50-48(37-51(47)55)46-32-17-18-33-49(46)53(50,3)4;1-2-4-6-5-3-1;1-3-4-2;2*1-2/h6-38,52,54H,1-2H2,3-5H3;1-4H,5-6H2;3H,1,4H2,2H3;1-2H3;1-2H2/b22-19-,23-7-,34-20-,41-38+;;;;. The molecule has 0 amide bonds. The Morgan fingerprint density at radius 2 is 1.29 bits per heavy atom. The number of nitrogens with one attached hydrogen (secondary N) is 1. The van der Waals surface area contributed by atoms with Gasteiger partial charge >= 0.3 is 0 Å². The summed E-state index contributed by atoms with van der Waals surface area (Å²) >= 11 is 0. The molecule has 0 spiro atoms. The molecule has 0 saturated carbocycles. The smallest absolute Gasteiger partial charge is 0.0772 e. The van der Waals surface area contributed by atoms with Gasteiger partial charge in [-0.1, -0.05) is 200 Å². The topological polar surface area (TPSA) is 67.3 Å². The lowest BCUT2D eigenvalue weighted by molar-refractivity contribution is 0.660. The number of rotatable bonds is 11. The lowest BCUT2D eigenvalue weighted by Crippen LogP contribution is -2.17. The van der Waals surface area contributed by atoms with E-state index in [2.05, 4.69) is 287 Å². The Labute approximate surface area is 422 Å². The second kappa shape index (κ2) is 27.1. The van der Waals surface area contributed by atoms with Gasteiger partial charge in [0.25, 0.3) is 0 Å². The van der Waals surface area contributed by atoms with Gasteiger partial charge in [-0.15, -0.1) is 6.58 Å². The highest BCUT2D eigenvalue weighted by Crippen LogP contribution is 2.62. The van der Waals surface area contributed by atoms with E-state index < -0.39 is 10.0 Å². The maximum Gasteiger partial charge on any atom is 0.0772 e. The molecule has 0 saturated heterocycles. The predicted molar refractivity (Wildman–Crippen MR) is 311 cm³/mol. The summed E-state index contributed by atoms with van der Waals surface area (Å²) in [5.74, 6) is 8.00. The fourth-order valence-corrected chi connectivity index (χ4v) is 11.4. The molecule has 4 nitrogen and oxygen atoms in total. The van der Waals surface area contributed by atoms with Gasteiger partial charge in [0.2, 0.25) is 0 Å². The number of nitrogens with zero attached hydrogens (tertiary/aromatic N) is 1.